The van der Waals surface area contributed by atoms with Crippen LogP contribution in [0.25, 0.3) is 0 Å². The van der Waals surface area contributed by atoms with Crippen LogP contribution in [0.5, 0.6) is 5.75 Å². The number of nitrogens with one attached hydrogen (secondary N) is 1. The zero-order valence-electron chi connectivity index (χ0n) is 15.9. The van der Waals surface area contributed by atoms with Gasteiger partial charge in [0.1, 0.15) is 11.6 Å². The summed E-state index contributed by atoms with van der Waals surface area (Å²) in [7, 11) is 3.86. The van der Waals surface area contributed by atoms with Crippen molar-refractivity contribution in [2.45, 2.75) is 19.4 Å². The summed E-state index contributed by atoms with van der Waals surface area (Å²) in [5.74, 6) is 3.29. The maximum absolute atomic E-state index is 12.7. The van der Waals surface area contributed by atoms with Gasteiger partial charge in [0, 0.05) is 31.6 Å². The minimum absolute atomic E-state index is 0. The van der Waals surface area contributed by atoms with Crippen LogP contribution in [0.4, 0.5) is 0 Å². The van der Waals surface area contributed by atoms with Gasteiger partial charge in [-0.25, -0.2) is 4.98 Å². The van der Waals surface area contributed by atoms with Gasteiger partial charge in [-0.3, -0.25) is 14.8 Å². The molecule has 2 aliphatic heterocycles. The Balaban J connectivity index is 0.00000210. The molecule has 27 heavy (non-hydrogen) atoms. The van der Waals surface area contributed by atoms with E-state index in [0.717, 1.165) is 31.2 Å². The molecule has 8 heteroatoms. The van der Waals surface area contributed by atoms with Crippen molar-refractivity contribution in [2.24, 2.45) is 11.8 Å². The van der Waals surface area contributed by atoms with E-state index in [-0.39, 0.29) is 24.7 Å². The van der Waals surface area contributed by atoms with Crippen molar-refractivity contribution in [1.29, 1.82) is 0 Å². The first-order valence-electron chi connectivity index (χ1n) is 9.05. The van der Waals surface area contributed by atoms with Crippen molar-refractivity contribution in [3.8, 4) is 5.75 Å². The van der Waals surface area contributed by atoms with Gasteiger partial charge in [-0.2, -0.15) is 5.10 Å². The topological polar surface area (TPSA) is 74.3 Å². The Morgan fingerprint density at radius 3 is 2.63 bits per heavy atom. The average Bonchev–Trinajstić information content (AvgIpc) is 3.29. The van der Waals surface area contributed by atoms with E-state index in [2.05, 4.69) is 39.3 Å². The smallest absolute Gasteiger partial charge is 0.230 e. The molecule has 0 saturated carbocycles. The number of hydrogen-bond acceptors (Lipinski definition) is 5. The number of aromatic amines is 1. The molecular weight excluding hydrogens is 366 g/mol. The Bertz CT molecular complexity index is 794. The Labute approximate surface area is 165 Å². The number of aryl methyl sites for hydroxylation is 1. The largest absolute Gasteiger partial charge is 0.497 e. The van der Waals surface area contributed by atoms with Crippen molar-refractivity contribution >= 4 is 18.3 Å². The summed E-state index contributed by atoms with van der Waals surface area (Å²) in [5, 5.41) is 6.89. The fourth-order valence-electron chi connectivity index (χ4n) is 4.48. The molecule has 2 fully saturated rings. The quantitative estimate of drug-likeness (QED) is 0.860. The van der Waals surface area contributed by atoms with Gasteiger partial charge in [-0.1, -0.05) is 12.1 Å². The highest BCUT2D eigenvalue weighted by Gasteiger charge is 2.47. The van der Waals surface area contributed by atoms with E-state index in [9.17, 15) is 4.79 Å². The number of carbonyl (C=O) groups excluding carboxylic acids is 1. The number of rotatable bonds is 4. The van der Waals surface area contributed by atoms with Crippen molar-refractivity contribution in [2.75, 3.05) is 33.8 Å². The van der Waals surface area contributed by atoms with Gasteiger partial charge >= 0.3 is 0 Å². The third kappa shape index (κ3) is 3.80. The molecular formula is C19H26ClN5O2. The molecule has 146 valence electrons. The minimum atomic E-state index is 0. The number of ether oxygens (including phenoxy) is 1. The number of amides is 1. The lowest BCUT2D eigenvalue weighted by Gasteiger charge is -2.27. The zero-order valence-corrected chi connectivity index (χ0v) is 16.7. The molecule has 0 radical (unpaired) electrons. The number of benzene rings is 1. The van der Waals surface area contributed by atoms with Crippen LogP contribution in [0.15, 0.2) is 24.3 Å². The van der Waals surface area contributed by atoms with Gasteiger partial charge < -0.3 is 9.64 Å². The fraction of sp³-hybridized carbons (Fsp3) is 0.526. The molecule has 1 aromatic heterocycles. The number of nitrogens with zero attached hydrogens (tertiary/aromatic N) is 4. The van der Waals surface area contributed by atoms with Crippen LogP contribution in [-0.4, -0.2) is 64.7 Å². The van der Waals surface area contributed by atoms with Crippen LogP contribution >= 0.6 is 12.4 Å². The second-order valence-corrected chi connectivity index (χ2v) is 7.39. The highest BCUT2D eigenvalue weighted by atomic mass is 35.5. The normalized spacial score (nSPS) is 24.6. The number of hydrogen-bond donors (Lipinski definition) is 1. The first-order valence-corrected chi connectivity index (χ1v) is 9.05. The van der Waals surface area contributed by atoms with Gasteiger partial charge in [0.15, 0.2) is 5.82 Å². The molecule has 1 N–H and O–H groups in total. The Morgan fingerprint density at radius 2 is 2.00 bits per heavy atom. The Hall–Kier alpha value is -2.12. The van der Waals surface area contributed by atoms with Crippen molar-refractivity contribution < 1.29 is 9.53 Å². The molecule has 1 amide bonds. The second kappa shape index (κ2) is 7.86. The molecule has 0 bridgehead atoms. The van der Waals surface area contributed by atoms with Crippen molar-refractivity contribution in [1.82, 2.24) is 25.0 Å². The molecule has 2 aromatic rings. The van der Waals surface area contributed by atoms with Crippen LogP contribution in [0.1, 0.15) is 23.3 Å². The van der Waals surface area contributed by atoms with Crippen LogP contribution in [0.2, 0.25) is 0 Å². The lowest BCUT2D eigenvalue weighted by atomic mass is 9.89. The van der Waals surface area contributed by atoms with Gasteiger partial charge in [-0.15, -0.1) is 12.4 Å². The molecule has 2 saturated heterocycles. The summed E-state index contributed by atoms with van der Waals surface area (Å²) < 4.78 is 5.27. The number of methoxy groups -OCH3 is 1. The summed E-state index contributed by atoms with van der Waals surface area (Å²) in [6, 6.07) is 8.65. The summed E-state index contributed by atoms with van der Waals surface area (Å²) >= 11 is 0. The van der Waals surface area contributed by atoms with Crippen LogP contribution in [-0.2, 0) is 11.2 Å². The first kappa shape index (κ1) is 19.6. The van der Waals surface area contributed by atoms with Crippen LogP contribution in [0.3, 0.4) is 0 Å². The van der Waals surface area contributed by atoms with Gasteiger partial charge in [0.2, 0.25) is 5.91 Å². The van der Waals surface area contributed by atoms with Crippen molar-refractivity contribution in [3.63, 3.8) is 0 Å². The number of halogens is 1. The SMILES string of the molecule is COc1ccc([C@H]2[C@@H]3CN(C(=O)Cc4n[nH]c(C)n4)C[C@@H]3CN2C)cc1.Cl. The molecule has 7 nitrogen and oxygen atoms in total. The van der Waals surface area contributed by atoms with Gasteiger partial charge in [0.25, 0.3) is 0 Å². The standard InChI is InChI=1S/C19H25N5O2.ClH/c1-12-20-17(22-21-12)8-18(25)24-10-14-9-23(2)19(16(14)11-24)13-4-6-15(26-3)7-5-13;/h4-7,14,16,19H,8-11H2,1-3H3,(H,20,21,22);1H/t14-,16+,19-;/m0./s1. The molecule has 0 spiro atoms. The van der Waals surface area contributed by atoms with Crippen molar-refractivity contribution in [3.05, 3.63) is 41.5 Å². The third-order valence-electron chi connectivity index (χ3n) is 5.66. The highest BCUT2D eigenvalue weighted by Crippen LogP contribution is 2.44. The summed E-state index contributed by atoms with van der Waals surface area (Å²) in [6.45, 7) is 4.49. The Kier molecular flexibility index (Phi) is 5.72. The number of H-pyrrole nitrogens is 1. The maximum atomic E-state index is 12.7. The van der Waals surface area contributed by atoms with Gasteiger partial charge in [0.05, 0.1) is 13.5 Å². The third-order valence-corrected chi connectivity index (χ3v) is 5.66. The molecule has 0 unspecified atom stereocenters. The molecule has 0 aliphatic carbocycles. The first-order chi connectivity index (χ1) is 12.5. The van der Waals surface area contributed by atoms with E-state index in [1.807, 2.05) is 24.0 Å². The average molecular weight is 392 g/mol. The van der Waals surface area contributed by atoms with Crippen LogP contribution in [0, 0.1) is 18.8 Å². The molecule has 3 heterocycles. The molecule has 2 aliphatic rings. The summed E-state index contributed by atoms with van der Waals surface area (Å²) in [5.41, 5.74) is 1.29. The number of aromatic nitrogens is 3. The molecule has 3 atom stereocenters. The fourth-order valence-corrected chi connectivity index (χ4v) is 4.48. The summed E-state index contributed by atoms with van der Waals surface area (Å²) in [6.07, 6.45) is 0.271. The van der Waals surface area contributed by atoms with E-state index in [0.29, 0.717) is 23.7 Å². The van der Waals surface area contributed by atoms with E-state index in [4.69, 9.17) is 4.74 Å². The number of carbonyl (C=O) groups is 1. The minimum Gasteiger partial charge on any atom is -0.497 e. The molecule has 4 rings (SSSR count). The highest BCUT2D eigenvalue weighted by molar-refractivity contribution is 5.85. The van der Waals surface area contributed by atoms with Crippen LogP contribution < -0.4 is 4.74 Å². The summed E-state index contributed by atoms with van der Waals surface area (Å²) in [4.78, 5) is 21.3. The number of likely N-dealkylation sites (tertiary alicyclic amines) is 2. The van der Waals surface area contributed by atoms with E-state index < -0.39 is 0 Å². The second-order valence-electron chi connectivity index (χ2n) is 7.39. The Morgan fingerprint density at radius 1 is 1.26 bits per heavy atom. The monoisotopic (exact) mass is 391 g/mol. The number of fused-ring (bicyclic) bond motifs is 1. The van der Waals surface area contributed by atoms with E-state index in [1.54, 1.807) is 7.11 Å². The molecule has 1 aromatic carbocycles. The lowest BCUT2D eigenvalue weighted by molar-refractivity contribution is -0.130. The lowest BCUT2D eigenvalue weighted by Crippen LogP contribution is -2.34. The van der Waals surface area contributed by atoms with E-state index >= 15 is 0 Å². The predicted octanol–water partition coefficient (Wildman–Crippen LogP) is 1.85. The van der Waals surface area contributed by atoms with Gasteiger partial charge in [-0.05, 0) is 37.6 Å². The maximum Gasteiger partial charge on any atom is 0.230 e. The predicted molar refractivity (Wildman–Crippen MR) is 104 cm³/mol. The zero-order chi connectivity index (χ0) is 18.3. The van der Waals surface area contributed by atoms with E-state index in [1.165, 1.54) is 5.56 Å².